The van der Waals surface area contributed by atoms with Crippen LogP contribution in [-0.2, 0) is 4.79 Å². The second-order valence-electron chi connectivity index (χ2n) is 9.04. The minimum absolute atomic E-state index is 0.0934. The van der Waals surface area contributed by atoms with Gasteiger partial charge in [-0.2, -0.15) is 4.98 Å². The largest absolute Gasteiger partial charge is 0.339 e. The van der Waals surface area contributed by atoms with Gasteiger partial charge in [0.25, 0.3) is 5.84 Å². The van der Waals surface area contributed by atoms with E-state index in [0.29, 0.717) is 16.8 Å². The van der Waals surface area contributed by atoms with Gasteiger partial charge < -0.3 is 4.52 Å². The summed E-state index contributed by atoms with van der Waals surface area (Å²) in [6.07, 6.45) is 9.53. The number of rotatable bonds is 8. The summed E-state index contributed by atoms with van der Waals surface area (Å²) in [6.45, 7) is 6.02. The summed E-state index contributed by atoms with van der Waals surface area (Å²) in [7, 11) is 0. The molecule has 1 aliphatic carbocycles. The Hall–Kier alpha value is -2.20. The Morgan fingerprint density at radius 2 is 2.07 bits per heavy atom. The first-order valence-electron chi connectivity index (χ1n) is 10.5. The number of amides is 1. The van der Waals surface area contributed by atoms with E-state index in [1.807, 2.05) is 20.8 Å². The van der Waals surface area contributed by atoms with Crippen molar-refractivity contribution < 1.29 is 19.6 Å². The SMILES string of the molecule is CC(C)(C)[NH+]1N=NC(c2noc(C(CCCC3CCCCC3)CC(=O)NO)n2)=N1. The van der Waals surface area contributed by atoms with Crippen molar-refractivity contribution in [3.8, 4) is 0 Å². The van der Waals surface area contributed by atoms with Gasteiger partial charge in [-0.15, -0.1) is 0 Å². The molecule has 2 heterocycles. The van der Waals surface area contributed by atoms with Crippen LogP contribution in [0.2, 0.25) is 0 Å². The molecule has 1 amide bonds. The zero-order chi connectivity index (χ0) is 20.9. The van der Waals surface area contributed by atoms with Crippen molar-refractivity contribution in [2.24, 2.45) is 21.4 Å². The molecule has 29 heavy (non-hydrogen) atoms. The number of nitrogens with one attached hydrogen (secondary N) is 2. The van der Waals surface area contributed by atoms with Crippen molar-refractivity contribution in [3.63, 3.8) is 0 Å². The number of nitrogens with zero attached hydrogens (tertiary/aromatic N) is 5. The van der Waals surface area contributed by atoms with Crippen molar-refractivity contribution in [2.75, 3.05) is 0 Å². The van der Waals surface area contributed by atoms with Gasteiger partial charge in [0.2, 0.25) is 17.6 Å². The van der Waals surface area contributed by atoms with Crippen molar-refractivity contribution in [2.45, 2.75) is 90.0 Å². The van der Waals surface area contributed by atoms with Gasteiger partial charge in [-0.05, 0) is 38.2 Å². The highest BCUT2D eigenvalue weighted by molar-refractivity contribution is 5.95. The molecular weight excluding hydrogens is 374 g/mol. The number of carbonyl (C=O) groups is 1. The molecule has 1 aromatic heterocycles. The van der Waals surface area contributed by atoms with Gasteiger partial charge in [0.05, 0.1) is 5.22 Å². The lowest BCUT2D eigenvalue weighted by Crippen LogP contribution is -3.09. The van der Waals surface area contributed by atoms with E-state index in [4.69, 9.17) is 9.73 Å². The maximum atomic E-state index is 11.8. The van der Waals surface area contributed by atoms with E-state index >= 15 is 0 Å². The Bertz CT molecular complexity index is 747. The average Bonchev–Trinajstić information content (AvgIpc) is 3.37. The van der Waals surface area contributed by atoms with Crippen LogP contribution in [0.25, 0.3) is 0 Å². The van der Waals surface area contributed by atoms with Crippen LogP contribution in [0.15, 0.2) is 20.0 Å². The van der Waals surface area contributed by atoms with Gasteiger partial charge >= 0.3 is 0 Å². The third-order valence-corrected chi connectivity index (χ3v) is 5.56. The molecule has 1 fully saturated rings. The minimum Gasteiger partial charge on any atom is -0.339 e. The Morgan fingerprint density at radius 3 is 2.72 bits per heavy atom. The molecule has 2 unspecified atom stereocenters. The van der Waals surface area contributed by atoms with Crippen molar-refractivity contribution in [3.05, 3.63) is 11.7 Å². The molecule has 0 saturated heterocycles. The predicted octanol–water partition coefficient (Wildman–Crippen LogP) is 2.53. The Balaban J connectivity index is 1.65. The number of hydrogen-bond donors (Lipinski definition) is 3. The number of hydroxylamine groups is 1. The first-order valence-corrected chi connectivity index (χ1v) is 10.5. The van der Waals surface area contributed by atoms with Crippen LogP contribution in [0.3, 0.4) is 0 Å². The summed E-state index contributed by atoms with van der Waals surface area (Å²) in [5.74, 6) is 1.01. The Kier molecular flexibility index (Phi) is 7.07. The van der Waals surface area contributed by atoms with Crippen LogP contribution in [0.5, 0.6) is 0 Å². The third kappa shape index (κ3) is 5.89. The molecule has 1 aromatic rings. The van der Waals surface area contributed by atoms with Crippen molar-refractivity contribution >= 4 is 11.7 Å². The van der Waals surface area contributed by atoms with E-state index in [1.54, 1.807) is 5.48 Å². The van der Waals surface area contributed by atoms with Crippen LogP contribution < -0.4 is 10.6 Å². The predicted molar refractivity (Wildman–Crippen MR) is 104 cm³/mol. The van der Waals surface area contributed by atoms with Crippen LogP contribution in [0.4, 0.5) is 0 Å². The van der Waals surface area contributed by atoms with E-state index in [2.05, 4.69) is 25.6 Å². The summed E-state index contributed by atoms with van der Waals surface area (Å²) in [5.41, 5.74) is 1.48. The minimum atomic E-state index is -0.464. The van der Waals surface area contributed by atoms with Gasteiger partial charge in [-0.1, -0.05) is 60.3 Å². The zero-order valence-corrected chi connectivity index (χ0v) is 17.5. The molecule has 1 saturated carbocycles. The quantitative estimate of drug-likeness (QED) is 0.451. The highest BCUT2D eigenvalue weighted by Gasteiger charge is 2.33. The normalized spacial score (nSPS) is 21.2. The van der Waals surface area contributed by atoms with Gasteiger partial charge in [-0.25, -0.2) is 5.48 Å². The molecule has 0 radical (unpaired) electrons. The topological polar surface area (TPSA) is 130 Å². The zero-order valence-electron chi connectivity index (χ0n) is 17.5. The Morgan fingerprint density at radius 1 is 1.31 bits per heavy atom. The van der Waals surface area contributed by atoms with E-state index in [-0.39, 0.29) is 23.7 Å². The summed E-state index contributed by atoms with van der Waals surface area (Å²) in [5, 5.41) is 26.1. The number of carbonyl (C=O) groups excluding carboxylic acids is 1. The highest BCUT2D eigenvalue weighted by atomic mass is 16.5. The van der Waals surface area contributed by atoms with E-state index in [0.717, 1.165) is 25.2 Å². The van der Waals surface area contributed by atoms with Gasteiger partial charge in [0, 0.05) is 12.3 Å². The number of aromatic nitrogens is 2. The fraction of sp³-hybridized carbons (Fsp3) is 0.789. The summed E-state index contributed by atoms with van der Waals surface area (Å²) < 4.78 is 5.43. The fourth-order valence-electron chi connectivity index (χ4n) is 3.86. The molecule has 0 bridgehead atoms. The van der Waals surface area contributed by atoms with Gasteiger partial charge in [0.1, 0.15) is 5.54 Å². The van der Waals surface area contributed by atoms with Gasteiger partial charge in [0.15, 0.2) is 0 Å². The first kappa shape index (κ1) is 21.5. The summed E-state index contributed by atoms with van der Waals surface area (Å²) in [6, 6.07) is 0. The highest BCUT2D eigenvalue weighted by Crippen LogP contribution is 2.31. The molecule has 2 atom stereocenters. The third-order valence-electron chi connectivity index (χ3n) is 5.56. The lowest BCUT2D eigenvalue weighted by molar-refractivity contribution is -0.961. The van der Waals surface area contributed by atoms with Crippen LogP contribution in [-0.4, -0.2) is 32.6 Å². The molecule has 10 nitrogen and oxygen atoms in total. The number of quaternary nitrogens is 1. The fourth-order valence-corrected chi connectivity index (χ4v) is 3.86. The van der Waals surface area contributed by atoms with Crippen LogP contribution >= 0.6 is 0 Å². The molecule has 3 N–H and O–H groups in total. The van der Waals surface area contributed by atoms with Crippen molar-refractivity contribution in [1.82, 2.24) is 15.6 Å². The molecule has 0 aromatic carbocycles. The Labute approximate surface area is 170 Å². The second-order valence-corrected chi connectivity index (χ2v) is 9.04. The molecule has 3 rings (SSSR count). The van der Waals surface area contributed by atoms with Crippen LogP contribution in [0, 0.1) is 5.92 Å². The number of hydrogen-bond acceptors (Lipinski definition) is 8. The van der Waals surface area contributed by atoms with Crippen LogP contribution in [0.1, 0.15) is 96.2 Å². The van der Waals surface area contributed by atoms with Gasteiger partial charge in [-0.3, -0.25) is 10.0 Å². The standard InChI is InChI=1S/C19H31N7O3/c1-19(2,3)26-22-17(21-25-26)16-20-18(29-24-16)14(12-15(27)23-28)11-7-10-13-8-5-4-6-9-13/h13-14,28H,4-12H2,1-3H3,(H,23,27)/p+1. The maximum absolute atomic E-state index is 11.8. The van der Waals surface area contributed by atoms with E-state index < -0.39 is 5.91 Å². The summed E-state index contributed by atoms with van der Waals surface area (Å²) >= 11 is 0. The lowest BCUT2D eigenvalue weighted by Gasteiger charge is -2.22. The first-order chi connectivity index (χ1) is 13.9. The van der Waals surface area contributed by atoms with Crippen molar-refractivity contribution in [1.29, 1.82) is 0 Å². The van der Waals surface area contributed by atoms with E-state index in [9.17, 15) is 4.79 Å². The molecule has 0 spiro atoms. The monoisotopic (exact) mass is 406 g/mol. The number of amidine groups is 1. The molecule has 1 aliphatic heterocycles. The summed E-state index contributed by atoms with van der Waals surface area (Å²) in [4.78, 5) is 16.2. The molecule has 160 valence electrons. The lowest BCUT2D eigenvalue weighted by atomic mass is 9.84. The maximum Gasteiger partial charge on any atom is 0.284 e. The van der Waals surface area contributed by atoms with E-state index in [1.165, 1.54) is 32.1 Å². The average molecular weight is 407 g/mol. The molecule has 2 aliphatic rings. The smallest absolute Gasteiger partial charge is 0.284 e. The second kappa shape index (κ2) is 9.53. The molecular formula is C19H32N7O3+. The molecule has 10 heteroatoms.